The second-order valence-electron chi connectivity index (χ2n) is 9.04. The number of ether oxygens (including phenoxy) is 1. The van der Waals surface area contributed by atoms with E-state index in [-0.39, 0.29) is 18.9 Å². The minimum Gasteiger partial charge on any atom is -0.466 e. The summed E-state index contributed by atoms with van der Waals surface area (Å²) in [4.78, 5) is 37.1. The summed E-state index contributed by atoms with van der Waals surface area (Å²) in [6.45, 7) is 4.56. The van der Waals surface area contributed by atoms with E-state index in [4.69, 9.17) is 4.74 Å². The minimum atomic E-state index is -0.494. The third-order valence-electron chi connectivity index (χ3n) is 6.01. The van der Waals surface area contributed by atoms with E-state index >= 15 is 0 Å². The van der Waals surface area contributed by atoms with Crippen molar-refractivity contribution in [1.29, 1.82) is 0 Å². The maximum Gasteiger partial charge on any atom is 0.328 e. The van der Waals surface area contributed by atoms with Crippen molar-refractivity contribution in [2.24, 2.45) is 0 Å². The Morgan fingerprint density at radius 1 is 0.812 bits per heavy atom. The molecule has 0 radical (unpaired) electrons. The Morgan fingerprint density at radius 2 is 1.28 bits per heavy atom. The van der Waals surface area contributed by atoms with Crippen molar-refractivity contribution < 1.29 is 9.53 Å². The number of aryl methyl sites for hydroxylation is 2. The second-order valence-corrected chi connectivity index (χ2v) is 9.04. The maximum absolute atomic E-state index is 11.8. The van der Waals surface area contributed by atoms with E-state index < -0.39 is 11.2 Å². The van der Waals surface area contributed by atoms with Gasteiger partial charge in [-0.1, -0.05) is 103 Å². The molecule has 0 aliphatic rings. The van der Waals surface area contributed by atoms with Gasteiger partial charge in [0, 0.05) is 18.3 Å². The molecule has 1 heterocycles. The SMILES string of the molecule is CCCCCCCCCCCCCCCCCCOC(=O)CCn1cc(C)c(=O)[nH]c1=O. The van der Waals surface area contributed by atoms with Crippen LogP contribution in [0.5, 0.6) is 0 Å². The van der Waals surface area contributed by atoms with Gasteiger partial charge >= 0.3 is 11.7 Å². The zero-order chi connectivity index (χ0) is 23.4. The molecule has 1 N–H and O–H groups in total. The molecule has 1 rings (SSSR count). The third-order valence-corrected chi connectivity index (χ3v) is 6.01. The zero-order valence-corrected chi connectivity index (χ0v) is 20.6. The van der Waals surface area contributed by atoms with Crippen LogP contribution < -0.4 is 11.2 Å². The summed E-state index contributed by atoms with van der Waals surface area (Å²) in [6, 6.07) is 0. The number of carbonyl (C=O) groups is 1. The number of unbranched alkanes of at least 4 members (excludes halogenated alkanes) is 15. The van der Waals surface area contributed by atoms with Crippen molar-refractivity contribution in [3.05, 3.63) is 32.6 Å². The Bertz CT molecular complexity index is 723. The molecule has 184 valence electrons. The first-order valence-electron chi connectivity index (χ1n) is 13.0. The molecule has 0 fully saturated rings. The monoisotopic (exact) mass is 450 g/mol. The number of rotatable bonds is 20. The molecular weight excluding hydrogens is 404 g/mol. The largest absolute Gasteiger partial charge is 0.466 e. The number of aromatic amines is 1. The number of hydrogen-bond donors (Lipinski definition) is 1. The average Bonchev–Trinajstić information content (AvgIpc) is 2.77. The molecule has 6 nitrogen and oxygen atoms in total. The summed E-state index contributed by atoms with van der Waals surface area (Å²) in [7, 11) is 0. The van der Waals surface area contributed by atoms with Crippen LogP contribution in [0.25, 0.3) is 0 Å². The normalized spacial score (nSPS) is 11.1. The van der Waals surface area contributed by atoms with Gasteiger partial charge in [0.25, 0.3) is 5.56 Å². The van der Waals surface area contributed by atoms with E-state index in [0.717, 1.165) is 12.8 Å². The lowest BCUT2D eigenvalue weighted by molar-refractivity contribution is -0.144. The summed E-state index contributed by atoms with van der Waals surface area (Å²) < 4.78 is 6.59. The highest BCUT2D eigenvalue weighted by atomic mass is 16.5. The van der Waals surface area contributed by atoms with E-state index in [1.807, 2.05) is 0 Å². The number of hydrogen-bond acceptors (Lipinski definition) is 4. The Labute approximate surface area is 194 Å². The zero-order valence-electron chi connectivity index (χ0n) is 20.6. The van der Waals surface area contributed by atoms with Crippen LogP contribution in [0, 0.1) is 6.92 Å². The summed E-state index contributed by atoms with van der Waals surface area (Å²) in [6.07, 6.45) is 22.7. The van der Waals surface area contributed by atoms with Crippen molar-refractivity contribution in [1.82, 2.24) is 9.55 Å². The van der Waals surface area contributed by atoms with Gasteiger partial charge in [-0.25, -0.2) is 4.79 Å². The maximum atomic E-state index is 11.8. The van der Waals surface area contributed by atoms with E-state index in [1.54, 1.807) is 6.92 Å². The first kappa shape index (κ1) is 28.2. The fourth-order valence-corrected chi connectivity index (χ4v) is 3.90. The topological polar surface area (TPSA) is 81.2 Å². The molecule has 0 saturated carbocycles. The highest BCUT2D eigenvalue weighted by Gasteiger charge is 2.06. The van der Waals surface area contributed by atoms with Crippen LogP contribution in [0.15, 0.2) is 15.8 Å². The van der Waals surface area contributed by atoms with Gasteiger partial charge in [-0.05, 0) is 13.3 Å². The van der Waals surface area contributed by atoms with E-state index in [1.165, 1.54) is 101 Å². The number of nitrogens with one attached hydrogen (secondary N) is 1. The number of carbonyl (C=O) groups excluding carboxylic acids is 1. The lowest BCUT2D eigenvalue weighted by Gasteiger charge is -2.07. The van der Waals surface area contributed by atoms with Crippen LogP contribution in [-0.2, 0) is 16.1 Å². The number of aromatic nitrogens is 2. The highest BCUT2D eigenvalue weighted by Crippen LogP contribution is 2.13. The van der Waals surface area contributed by atoms with E-state index in [0.29, 0.717) is 12.2 Å². The molecule has 6 heteroatoms. The van der Waals surface area contributed by atoms with E-state index in [2.05, 4.69) is 11.9 Å². The molecule has 0 saturated heterocycles. The smallest absolute Gasteiger partial charge is 0.328 e. The van der Waals surface area contributed by atoms with Crippen LogP contribution >= 0.6 is 0 Å². The standard InChI is InChI=1S/C26H46N2O4/c1-3-4-5-6-7-8-9-10-11-12-13-14-15-16-17-18-21-32-24(29)19-20-28-22-23(2)25(30)27-26(28)31/h22H,3-21H2,1-2H3,(H,27,30,31). The molecule has 0 atom stereocenters. The van der Waals surface area contributed by atoms with Gasteiger partial charge in [0.1, 0.15) is 0 Å². The summed E-state index contributed by atoms with van der Waals surface area (Å²) in [5, 5.41) is 0. The Morgan fingerprint density at radius 3 is 1.78 bits per heavy atom. The first-order valence-corrected chi connectivity index (χ1v) is 13.0. The quantitative estimate of drug-likeness (QED) is 0.194. The third kappa shape index (κ3) is 14.3. The van der Waals surface area contributed by atoms with Crippen LogP contribution in [0.1, 0.15) is 122 Å². The molecule has 1 aromatic rings. The molecule has 0 aliphatic heterocycles. The molecule has 0 aliphatic carbocycles. The van der Waals surface area contributed by atoms with Gasteiger partial charge in [0.15, 0.2) is 0 Å². The van der Waals surface area contributed by atoms with Gasteiger partial charge in [-0.15, -0.1) is 0 Å². The predicted octanol–water partition coefficient (Wildman–Crippen LogP) is 6.04. The lowest BCUT2D eigenvalue weighted by Crippen LogP contribution is -2.31. The predicted molar refractivity (Wildman–Crippen MR) is 131 cm³/mol. The minimum absolute atomic E-state index is 0.129. The molecule has 0 amide bonds. The van der Waals surface area contributed by atoms with Gasteiger partial charge < -0.3 is 4.74 Å². The van der Waals surface area contributed by atoms with E-state index in [9.17, 15) is 14.4 Å². The van der Waals surface area contributed by atoms with Gasteiger partial charge in [-0.3, -0.25) is 19.1 Å². The van der Waals surface area contributed by atoms with Crippen LogP contribution in [0.4, 0.5) is 0 Å². The highest BCUT2D eigenvalue weighted by molar-refractivity contribution is 5.69. The Balaban J connectivity index is 1.87. The molecule has 0 unspecified atom stereocenters. The van der Waals surface area contributed by atoms with Crippen LogP contribution in [-0.4, -0.2) is 22.1 Å². The molecule has 0 aromatic carbocycles. The number of H-pyrrole nitrogens is 1. The first-order chi connectivity index (χ1) is 15.5. The molecule has 32 heavy (non-hydrogen) atoms. The lowest BCUT2D eigenvalue weighted by atomic mass is 10.0. The molecular formula is C26H46N2O4. The van der Waals surface area contributed by atoms with Gasteiger partial charge in [0.05, 0.1) is 13.0 Å². The number of esters is 1. The second kappa shape index (κ2) is 18.7. The molecule has 0 bridgehead atoms. The van der Waals surface area contributed by atoms with Crippen molar-refractivity contribution in [3.8, 4) is 0 Å². The molecule has 1 aromatic heterocycles. The van der Waals surface area contributed by atoms with Gasteiger partial charge in [0.2, 0.25) is 0 Å². The fraction of sp³-hybridized carbons (Fsp3) is 0.808. The van der Waals surface area contributed by atoms with Gasteiger partial charge in [-0.2, -0.15) is 0 Å². The van der Waals surface area contributed by atoms with Crippen LogP contribution in [0.3, 0.4) is 0 Å². The fourth-order valence-electron chi connectivity index (χ4n) is 3.90. The average molecular weight is 451 g/mol. The van der Waals surface area contributed by atoms with Crippen molar-refractivity contribution >= 4 is 5.97 Å². The Hall–Kier alpha value is -1.85. The summed E-state index contributed by atoms with van der Waals surface area (Å²) in [5.74, 6) is -0.304. The van der Waals surface area contributed by atoms with Crippen LogP contribution in [0.2, 0.25) is 0 Å². The molecule has 0 spiro atoms. The summed E-state index contributed by atoms with van der Waals surface area (Å²) in [5.41, 5.74) is -0.435. The van der Waals surface area contributed by atoms with Crippen molar-refractivity contribution in [3.63, 3.8) is 0 Å². The van der Waals surface area contributed by atoms with Crippen molar-refractivity contribution in [2.75, 3.05) is 6.61 Å². The Kier molecular flexibility index (Phi) is 16.5. The summed E-state index contributed by atoms with van der Waals surface area (Å²) >= 11 is 0. The van der Waals surface area contributed by atoms with Crippen molar-refractivity contribution in [2.45, 2.75) is 130 Å². The number of nitrogens with zero attached hydrogens (tertiary/aromatic N) is 1.